The monoisotopic (exact) mass is 286 g/mol. The second-order valence-corrected chi connectivity index (χ2v) is 6.15. The van der Waals surface area contributed by atoms with Gasteiger partial charge in [-0.05, 0) is 31.4 Å². The Bertz CT molecular complexity index is 532. The fourth-order valence-corrected chi connectivity index (χ4v) is 2.87. The van der Waals surface area contributed by atoms with Gasteiger partial charge in [-0.1, -0.05) is 0 Å². The van der Waals surface area contributed by atoms with Crippen LogP contribution >= 0.6 is 0 Å². The van der Waals surface area contributed by atoms with E-state index in [1.54, 1.807) is 7.11 Å². The van der Waals surface area contributed by atoms with Crippen LogP contribution in [0.1, 0.15) is 25.7 Å². The third-order valence-electron chi connectivity index (χ3n) is 3.23. The lowest BCUT2D eigenvalue weighted by molar-refractivity contribution is 0.0185. The number of primary sulfonamides is 1. The van der Waals surface area contributed by atoms with Gasteiger partial charge in [0, 0.05) is 19.7 Å². The first-order valence-electron chi connectivity index (χ1n) is 6.18. The van der Waals surface area contributed by atoms with Crippen LogP contribution in [0.2, 0.25) is 0 Å². The zero-order valence-electron chi connectivity index (χ0n) is 10.8. The molecule has 1 aromatic rings. The largest absolute Gasteiger partial charge is 0.473 e. The lowest BCUT2D eigenvalue weighted by Gasteiger charge is -2.28. The molecule has 1 saturated carbocycles. The lowest BCUT2D eigenvalue weighted by atomic mass is 9.95. The maximum Gasteiger partial charge on any atom is 0.243 e. The van der Waals surface area contributed by atoms with E-state index < -0.39 is 10.0 Å². The second-order valence-electron chi connectivity index (χ2n) is 4.62. The highest BCUT2D eigenvalue weighted by atomic mass is 32.2. The van der Waals surface area contributed by atoms with E-state index in [-0.39, 0.29) is 23.0 Å². The average molecular weight is 286 g/mol. The Labute approximate surface area is 113 Å². The molecular weight excluding hydrogens is 268 g/mol. The molecule has 0 aromatic carbocycles. The number of nitrogens with zero attached hydrogens (tertiary/aromatic N) is 1. The van der Waals surface area contributed by atoms with E-state index in [0.29, 0.717) is 0 Å². The molecule has 1 aromatic heterocycles. The Kier molecular flexibility index (Phi) is 4.38. The summed E-state index contributed by atoms with van der Waals surface area (Å²) in [5.41, 5.74) is 0. The molecule has 1 aliphatic carbocycles. The number of nitrogens with two attached hydrogens (primary N) is 1. The molecule has 2 unspecified atom stereocenters. The Morgan fingerprint density at radius 3 is 2.79 bits per heavy atom. The fraction of sp³-hybridized carbons (Fsp3) is 0.583. The van der Waals surface area contributed by atoms with Gasteiger partial charge >= 0.3 is 0 Å². The first-order valence-corrected chi connectivity index (χ1v) is 7.72. The molecule has 0 saturated heterocycles. The topological polar surface area (TPSA) is 91.5 Å². The van der Waals surface area contributed by atoms with Crippen LogP contribution in [0.3, 0.4) is 0 Å². The zero-order valence-corrected chi connectivity index (χ0v) is 11.6. The summed E-state index contributed by atoms with van der Waals surface area (Å²) in [6, 6.07) is 2.92. The summed E-state index contributed by atoms with van der Waals surface area (Å²) in [6.45, 7) is 0. The van der Waals surface area contributed by atoms with Gasteiger partial charge in [-0.25, -0.2) is 18.5 Å². The van der Waals surface area contributed by atoms with Crippen LogP contribution in [0, 0.1) is 0 Å². The number of pyridine rings is 1. The summed E-state index contributed by atoms with van der Waals surface area (Å²) in [6.07, 6.45) is 5.13. The van der Waals surface area contributed by atoms with Crippen LogP contribution in [0.5, 0.6) is 5.88 Å². The van der Waals surface area contributed by atoms with Crippen molar-refractivity contribution in [3.05, 3.63) is 18.3 Å². The maximum atomic E-state index is 11.4. The van der Waals surface area contributed by atoms with E-state index in [9.17, 15) is 8.42 Å². The third-order valence-corrected chi connectivity index (χ3v) is 4.16. The van der Waals surface area contributed by atoms with Crippen LogP contribution in [0.4, 0.5) is 0 Å². The van der Waals surface area contributed by atoms with Gasteiger partial charge in [-0.15, -0.1) is 0 Å². The van der Waals surface area contributed by atoms with Crippen molar-refractivity contribution in [3.63, 3.8) is 0 Å². The van der Waals surface area contributed by atoms with Gasteiger partial charge in [0.1, 0.15) is 11.0 Å². The molecule has 1 fully saturated rings. The van der Waals surface area contributed by atoms with Crippen molar-refractivity contribution in [2.45, 2.75) is 42.8 Å². The highest BCUT2D eigenvalue weighted by Crippen LogP contribution is 2.27. The quantitative estimate of drug-likeness (QED) is 0.893. The van der Waals surface area contributed by atoms with Gasteiger partial charge in [-0.3, -0.25) is 0 Å². The molecule has 19 heavy (non-hydrogen) atoms. The van der Waals surface area contributed by atoms with Crippen molar-refractivity contribution in [1.82, 2.24) is 4.98 Å². The zero-order chi connectivity index (χ0) is 13.9. The molecule has 2 N–H and O–H groups in total. The molecule has 2 atom stereocenters. The van der Waals surface area contributed by atoms with Crippen LogP contribution in [0.25, 0.3) is 0 Å². The summed E-state index contributed by atoms with van der Waals surface area (Å²) in [7, 11) is -2.15. The maximum absolute atomic E-state index is 11.4. The van der Waals surface area contributed by atoms with E-state index in [4.69, 9.17) is 14.6 Å². The molecule has 6 nitrogen and oxygen atoms in total. The minimum atomic E-state index is -3.82. The Hall–Kier alpha value is -1.18. The summed E-state index contributed by atoms with van der Waals surface area (Å²) < 4.78 is 33.9. The van der Waals surface area contributed by atoms with Crippen LogP contribution in [-0.4, -0.2) is 32.7 Å². The average Bonchev–Trinajstić information content (AvgIpc) is 2.38. The number of hydrogen-bond acceptors (Lipinski definition) is 5. The van der Waals surface area contributed by atoms with E-state index in [0.717, 1.165) is 25.7 Å². The fourth-order valence-electron chi connectivity index (χ4n) is 2.26. The molecule has 106 valence electrons. The van der Waals surface area contributed by atoms with Gasteiger partial charge in [0.2, 0.25) is 15.9 Å². The summed E-state index contributed by atoms with van der Waals surface area (Å²) in [5, 5.41) is 5.14. The van der Waals surface area contributed by atoms with Gasteiger partial charge in [-0.2, -0.15) is 0 Å². The molecule has 0 radical (unpaired) electrons. The van der Waals surface area contributed by atoms with Gasteiger partial charge in [0.25, 0.3) is 0 Å². The standard InChI is InChI=1S/C12H18N2O4S/c1-17-9-4-2-5-10(8-9)18-12-11(19(13,15)16)6-3-7-14-12/h3,6-7,9-10H,2,4-5,8H2,1H3,(H2,13,15,16). The molecule has 0 spiro atoms. The highest BCUT2D eigenvalue weighted by Gasteiger charge is 2.25. The first-order chi connectivity index (χ1) is 9.00. The van der Waals surface area contributed by atoms with Gasteiger partial charge in [0.15, 0.2) is 0 Å². The van der Waals surface area contributed by atoms with Crippen LogP contribution in [0.15, 0.2) is 23.2 Å². The van der Waals surface area contributed by atoms with Crippen molar-refractivity contribution in [2.24, 2.45) is 5.14 Å². The van der Waals surface area contributed by atoms with Crippen molar-refractivity contribution in [1.29, 1.82) is 0 Å². The summed E-state index contributed by atoms with van der Waals surface area (Å²) >= 11 is 0. The Morgan fingerprint density at radius 2 is 2.11 bits per heavy atom. The van der Waals surface area contributed by atoms with Crippen LogP contribution in [-0.2, 0) is 14.8 Å². The van der Waals surface area contributed by atoms with E-state index >= 15 is 0 Å². The number of rotatable bonds is 4. The summed E-state index contributed by atoms with van der Waals surface area (Å²) in [5.74, 6) is 0.0757. The minimum Gasteiger partial charge on any atom is -0.473 e. The van der Waals surface area contributed by atoms with Crippen LogP contribution < -0.4 is 9.88 Å². The van der Waals surface area contributed by atoms with Gasteiger partial charge in [0.05, 0.1) is 6.10 Å². The molecular formula is C12H18N2O4S. The van der Waals surface area contributed by atoms with E-state index in [2.05, 4.69) is 4.98 Å². The predicted molar refractivity (Wildman–Crippen MR) is 69.3 cm³/mol. The molecule has 0 amide bonds. The third kappa shape index (κ3) is 3.65. The first kappa shape index (κ1) is 14.2. The number of methoxy groups -OCH3 is 1. The van der Waals surface area contributed by atoms with Crippen molar-refractivity contribution in [2.75, 3.05) is 7.11 Å². The number of sulfonamides is 1. The number of ether oxygens (including phenoxy) is 2. The van der Waals surface area contributed by atoms with E-state index in [1.807, 2.05) is 0 Å². The highest BCUT2D eigenvalue weighted by molar-refractivity contribution is 7.89. The number of aromatic nitrogens is 1. The SMILES string of the molecule is COC1CCCC(Oc2ncccc2S(N)(=O)=O)C1. The Morgan fingerprint density at radius 1 is 1.37 bits per heavy atom. The normalized spacial score (nSPS) is 24.1. The molecule has 0 bridgehead atoms. The van der Waals surface area contributed by atoms with E-state index in [1.165, 1.54) is 18.3 Å². The van der Waals surface area contributed by atoms with Gasteiger partial charge < -0.3 is 9.47 Å². The minimum absolute atomic E-state index is 0.0745. The molecule has 0 aliphatic heterocycles. The predicted octanol–water partition coefficient (Wildman–Crippen LogP) is 1.07. The van der Waals surface area contributed by atoms with Crippen molar-refractivity contribution in [3.8, 4) is 5.88 Å². The van der Waals surface area contributed by atoms with Crippen molar-refractivity contribution < 1.29 is 17.9 Å². The molecule has 1 aliphatic rings. The molecule has 2 rings (SSSR count). The molecule has 1 heterocycles. The lowest BCUT2D eigenvalue weighted by Crippen LogP contribution is -2.30. The Balaban J connectivity index is 2.15. The second kappa shape index (κ2) is 5.85. The van der Waals surface area contributed by atoms with Crippen molar-refractivity contribution >= 4 is 10.0 Å². The summed E-state index contributed by atoms with van der Waals surface area (Å²) in [4.78, 5) is 3.89. The molecule has 7 heteroatoms. The number of hydrogen-bond donors (Lipinski definition) is 1. The smallest absolute Gasteiger partial charge is 0.243 e.